The number of benzene rings is 1. The normalized spacial score (nSPS) is 18.3. The van der Waals surface area contributed by atoms with Crippen LogP contribution in [0.25, 0.3) is 0 Å². The molecule has 0 radical (unpaired) electrons. The van der Waals surface area contributed by atoms with Gasteiger partial charge in [-0.1, -0.05) is 25.5 Å². The van der Waals surface area contributed by atoms with Gasteiger partial charge in [0, 0.05) is 26.1 Å². The fraction of sp³-hybridized carbons (Fsp3) is 0.588. The number of amides is 1. The molecule has 2 N–H and O–H groups in total. The number of hydrogen-bond acceptors (Lipinski definition) is 3. The number of nitrogens with zero attached hydrogens (tertiary/aromatic N) is 1. The standard InChI is InChI=1S/C17H26N2O2/c1-2-4-15-11-17(20)19(13-15)9-3-10-21-16-7-5-14(12-18)6-8-16/h5-8,15H,2-4,9-13,18H2,1H3. The van der Waals surface area contributed by atoms with Crippen molar-refractivity contribution in [3.05, 3.63) is 29.8 Å². The Bertz CT molecular complexity index is 445. The molecule has 1 heterocycles. The quantitative estimate of drug-likeness (QED) is 0.749. The summed E-state index contributed by atoms with van der Waals surface area (Å²) < 4.78 is 5.70. The van der Waals surface area contributed by atoms with Gasteiger partial charge in [-0.2, -0.15) is 0 Å². The molecule has 0 aromatic heterocycles. The molecule has 1 atom stereocenters. The Kier molecular flexibility index (Phi) is 6.05. The zero-order valence-electron chi connectivity index (χ0n) is 12.9. The Hall–Kier alpha value is -1.55. The lowest BCUT2D eigenvalue weighted by atomic mass is 10.0. The molecule has 1 aliphatic heterocycles. The minimum atomic E-state index is 0.306. The first-order valence-corrected chi connectivity index (χ1v) is 7.92. The minimum absolute atomic E-state index is 0.306. The van der Waals surface area contributed by atoms with E-state index in [1.54, 1.807) is 0 Å². The molecule has 0 saturated carbocycles. The topological polar surface area (TPSA) is 55.6 Å². The molecular weight excluding hydrogens is 264 g/mol. The average Bonchev–Trinajstić information content (AvgIpc) is 2.84. The number of carbonyl (C=O) groups excluding carboxylic acids is 1. The fourth-order valence-electron chi connectivity index (χ4n) is 2.84. The van der Waals surface area contributed by atoms with Gasteiger partial charge in [-0.3, -0.25) is 4.79 Å². The van der Waals surface area contributed by atoms with Crippen LogP contribution in [0.15, 0.2) is 24.3 Å². The summed E-state index contributed by atoms with van der Waals surface area (Å²) in [6, 6.07) is 7.85. The van der Waals surface area contributed by atoms with E-state index in [1.165, 1.54) is 0 Å². The molecule has 1 aliphatic rings. The Morgan fingerprint density at radius 1 is 1.33 bits per heavy atom. The summed E-state index contributed by atoms with van der Waals surface area (Å²) in [5.41, 5.74) is 6.66. The first-order chi connectivity index (χ1) is 10.2. The van der Waals surface area contributed by atoms with Crippen molar-refractivity contribution in [3.8, 4) is 5.75 Å². The summed E-state index contributed by atoms with van der Waals surface area (Å²) in [4.78, 5) is 13.9. The molecule has 1 aromatic rings. The summed E-state index contributed by atoms with van der Waals surface area (Å²) >= 11 is 0. The van der Waals surface area contributed by atoms with Crippen LogP contribution in [-0.4, -0.2) is 30.5 Å². The molecular formula is C17H26N2O2. The molecule has 0 bridgehead atoms. The molecule has 0 spiro atoms. The van der Waals surface area contributed by atoms with E-state index in [-0.39, 0.29) is 0 Å². The van der Waals surface area contributed by atoms with E-state index < -0.39 is 0 Å². The highest BCUT2D eigenvalue weighted by molar-refractivity contribution is 5.78. The highest BCUT2D eigenvalue weighted by Gasteiger charge is 2.28. The van der Waals surface area contributed by atoms with E-state index in [4.69, 9.17) is 10.5 Å². The second kappa shape index (κ2) is 8.03. The number of ether oxygens (including phenoxy) is 1. The molecule has 1 saturated heterocycles. The lowest BCUT2D eigenvalue weighted by Crippen LogP contribution is -2.27. The van der Waals surface area contributed by atoms with Crippen LogP contribution in [-0.2, 0) is 11.3 Å². The smallest absolute Gasteiger partial charge is 0.222 e. The predicted molar refractivity (Wildman–Crippen MR) is 84.0 cm³/mol. The molecule has 1 unspecified atom stereocenters. The van der Waals surface area contributed by atoms with Crippen molar-refractivity contribution in [2.24, 2.45) is 11.7 Å². The van der Waals surface area contributed by atoms with Crippen LogP contribution < -0.4 is 10.5 Å². The highest BCUT2D eigenvalue weighted by Crippen LogP contribution is 2.22. The van der Waals surface area contributed by atoms with Gasteiger partial charge in [0.1, 0.15) is 5.75 Å². The van der Waals surface area contributed by atoms with Gasteiger partial charge in [-0.25, -0.2) is 0 Å². The van der Waals surface area contributed by atoms with Crippen LogP contribution in [0.3, 0.4) is 0 Å². The van der Waals surface area contributed by atoms with Crippen LogP contribution in [0.2, 0.25) is 0 Å². The summed E-state index contributed by atoms with van der Waals surface area (Å²) in [6.45, 7) is 5.11. The van der Waals surface area contributed by atoms with Crippen molar-refractivity contribution in [2.45, 2.75) is 39.2 Å². The zero-order valence-corrected chi connectivity index (χ0v) is 12.9. The average molecular weight is 290 g/mol. The number of nitrogens with two attached hydrogens (primary N) is 1. The second-order valence-corrected chi connectivity index (χ2v) is 5.75. The van der Waals surface area contributed by atoms with Gasteiger partial charge in [0.15, 0.2) is 0 Å². The number of likely N-dealkylation sites (tertiary alicyclic amines) is 1. The minimum Gasteiger partial charge on any atom is -0.494 e. The van der Waals surface area contributed by atoms with Gasteiger partial charge in [0.05, 0.1) is 6.61 Å². The second-order valence-electron chi connectivity index (χ2n) is 5.75. The third-order valence-electron chi connectivity index (χ3n) is 3.99. The van der Waals surface area contributed by atoms with Gasteiger partial charge in [-0.15, -0.1) is 0 Å². The lowest BCUT2D eigenvalue weighted by Gasteiger charge is -2.16. The number of rotatable bonds is 8. The SMILES string of the molecule is CCCC1CC(=O)N(CCCOc2ccc(CN)cc2)C1. The number of carbonyl (C=O) groups is 1. The number of hydrogen-bond donors (Lipinski definition) is 1. The molecule has 1 aromatic carbocycles. The van der Waals surface area contributed by atoms with E-state index in [0.29, 0.717) is 25.0 Å². The van der Waals surface area contributed by atoms with Crippen molar-refractivity contribution >= 4 is 5.91 Å². The van der Waals surface area contributed by atoms with E-state index in [9.17, 15) is 4.79 Å². The van der Waals surface area contributed by atoms with Crippen molar-refractivity contribution in [1.82, 2.24) is 4.90 Å². The highest BCUT2D eigenvalue weighted by atomic mass is 16.5. The van der Waals surface area contributed by atoms with Gasteiger partial charge in [0.2, 0.25) is 5.91 Å². The lowest BCUT2D eigenvalue weighted by molar-refractivity contribution is -0.127. The largest absolute Gasteiger partial charge is 0.494 e. The van der Waals surface area contributed by atoms with E-state index in [0.717, 1.165) is 50.1 Å². The third kappa shape index (κ3) is 4.74. The van der Waals surface area contributed by atoms with Crippen molar-refractivity contribution in [1.29, 1.82) is 0 Å². The molecule has 1 amide bonds. The predicted octanol–water partition coefficient (Wildman–Crippen LogP) is 2.56. The molecule has 21 heavy (non-hydrogen) atoms. The van der Waals surface area contributed by atoms with Crippen LogP contribution in [0.5, 0.6) is 5.75 Å². The van der Waals surface area contributed by atoms with E-state index in [1.807, 2.05) is 29.2 Å². The van der Waals surface area contributed by atoms with Gasteiger partial charge in [0.25, 0.3) is 0 Å². The van der Waals surface area contributed by atoms with Crippen LogP contribution >= 0.6 is 0 Å². The Morgan fingerprint density at radius 3 is 2.76 bits per heavy atom. The first-order valence-electron chi connectivity index (χ1n) is 7.92. The van der Waals surface area contributed by atoms with Crippen molar-refractivity contribution in [2.75, 3.05) is 19.7 Å². The van der Waals surface area contributed by atoms with Gasteiger partial charge in [-0.05, 0) is 36.5 Å². The Labute approximate surface area is 127 Å². The third-order valence-corrected chi connectivity index (χ3v) is 3.99. The summed E-state index contributed by atoms with van der Waals surface area (Å²) in [6.07, 6.45) is 3.93. The summed E-state index contributed by atoms with van der Waals surface area (Å²) in [7, 11) is 0. The van der Waals surface area contributed by atoms with Crippen molar-refractivity contribution < 1.29 is 9.53 Å². The van der Waals surface area contributed by atoms with Crippen LogP contribution in [0, 0.1) is 5.92 Å². The first kappa shape index (κ1) is 15.8. The van der Waals surface area contributed by atoms with Crippen LogP contribution in [0.4, 0.5) is 0 Å². The van der Waals surface area contributed by atoms with Crippen molar-refractivity contribution in [3.63, 3.8) is 0 Å². The Balaban J connectivity index is 1.66. The van der Waals surface area contributed by atoms with E-state index >= 15 is 0 Å². The van der Waals surface area contributed by atoms with E-state index in [2.05, 4.69) is 6.92 Å². The maximum atomic E-state index is 11.9. The Morgan fingerprint density at radius 2 is 2.10 bits per heavy atom. The van der Waals surface area contributed by atoms with Gasteiger partial charge < -0.3 is 15.4 Å². The van der Waals surface area contributed by atoms with Gasteiger partial charge >= 0.3 is 0 Å². The fourth-order valence-corrected chi connectivity index (χ4v) is 2.84. The molecule has 0 aliphatic carbocycles. The maximum absolute atomic E-state index is 11.9. The zero-order chi connectivity index (χ0) is 15.1. The summed E-state index contributed by atoms with van der Waals surface area (Å²) in [5.74, 6) is 1.73. The molecule has 1 fully saturated rings. The monoisotopic (exact) mass is 290 g/mol. The maximum Gasteiger partial charge on any atom is 0.222 e. The molecule has 4 nitrogen and oxygen atoms in total. The molecule has 116 valence electrons. The summed E-state index contributed by atoms with van der Waals surface area (Å²) in [5, 5.41) is 0. The van der Waals surface area contributed by atoms with Crippen LogP contribution in [0.1, 0.15) is 38.2 Å². The molecule has 2 rings (SSSR count). The molecule has 4 heteroatoms.